The maximum Gasteiger partial charge on any atom is 0.239 e. The summed E-state index contributed by atoms with van der Waals surface area (Å²) in [6, 6.07) is 0. The van der Waals surface area contributed by atoms with Crippen LogP contribution in [-0.2, 0) is 4.79 Å². The predicted molar refractivity (Wildman–Crippen MR) is 73.1 cm³/mol. The van der Waals surface area contributed by atoms with Gasteiger partial charge in [-0.05, 0) is 20.3 Å². The van der Waals surface area contributed by atoms with Crippen LogP contribution >= 0.6 is 11.6 Å². The zero-order valence-electron chi connectivity index (χ0n) is 11.2. The van der Waals surface area contributed by atoms with Gasteiger partial charge in [0.1, 0.15) is 0 Å². The van der Waals surface area contributed by atoms with E-state index >= 15 is 0 Å². The van der Waals surface area contributed by atoms with E-state index in [1.165, 1.54) is 0 Å². The molecule has 0 spiro atoms. The third-order valence-corrected chi connectivity index (χ3v) is 2.91. The van der Waals surface area contributed by atoms with Crippen LogP contribution in [0.1, 0.15) is 24.7 Å². The molecule has 0 aliphatic heterocycles. The number of rotatable bonds is 5. The van der Waals surface area contributed by atoms with Gasteiger partial charge in [0.15, 0.2) is 11.0 Å². The Morgan fingerprint density at radius 2 is 1.94 bits per heavy atom. The highest BCUT2D eigenvalue weighted by atomic mass is 35.5. The van der Waals surface area contributed by atoms with Crippen LogP contribution in [-0.4, -0.2) is 36.0 Å². The van der Waals surface area contributed by atoms with E-state index in [1.54, 1.807) is 7.05 Å². The second kappa shape index (κ2) is 6.54. The molecule has 1 aromatic rings. The summed E-state index contributed by atoms with van der Waals surface area (Å²) in [5.41, 5.74) is 1.63. The van der Waals surface area contributed by atoms with E-state index in [-0.39, 0.29) is 12.5 Å². The Hall–Kier alpha value is -1.36. The Balaban J connectivity index is 3.05. The molecule has 0 aromatic carbocycles. The van der Waals surface area contributed by atoms with E-state index in [2.05, 4.69) is 15.3 Å². The molecule has 0 radical (unpaired) electrons. The molecular formula is C12H19ClN4O. The summed E-state index contributed by atoms with van der Waals surface area (Å²) in [6.07, 6.45) is 0.905. The van der Waals surface area contributed by atoms with Crippen molar-refractivity contribution in [3.63, 3.8) is 0 Å². The van der Waals surface area contributed by atoms with Gasteiger partial charge < -0.3 is 10.2 Å². The number of hydrogen-bond donors (Lipinski definition) is 1. The second-order valence-corrected chi connectivity index (χ2v) is 4.46. The zero-order chi connectivity index (χ0) is 13.7. The van der Waals surface area contributed by atoms with Gasteiger partial charge in [0.2, 0.25) is 5.91 Å². The summed E-state index contributed by atoms with van der Waals surface area (Å²) in [5, 5.41) is 2.94. The normalized spacial score (nSPS) is 10.3. The predicted octanol–water partition coefficient (Wildman–Crippen LogP) is 1.71. The van der Waals surface area contributed by atoms with Crippen molar-refractivity contribution in [3.05, 3.63) is 16.5 Å². The first-order chi connectivity index (χ1) is 8.49. The minimum atomic E-state index is -0.0699. The van der Waals surface area contributed by atoms with E-state index in [1.807, 2.05) is 25.7 Å². The molecule has 0 aliphatic rings. The van der Waals surface area contributed by atoms with Crippen LogP contribution in [0.25, 0.3) is 0 Å². The molecule has 100 valence electrons. The number of nitrogens with one attached hydrogen (secondary N) is 1. The van der Waals surface area contributed by atoms with E-state index < -0.39 is 0 Å². The van der Waals surface area contributed by atoms with Gasteiger partial charge in [-0.2, -0.15) is 0 Å². The van der Waals surface area contributed by atoms with Gasteiger partial charge in [-0.25, -0.2) is 9.97 Å². The molecule has 0 aliphatic carbocycles. The molecular weight excluding hydrogens is 252 g/mol. The molecule has 0 atom stereocenters. The van der Waals surface area contributed by atoms with Crippen LogP contribution in [0.15, 0.2) is 0 Å². The fourth-order valence-electron chi connectivity index (χ4n) is 1.55. The number of likely N-dealkylation sites (N-methyl/N-ethyl adjacent to an activating group) is 1. The number of aryl methyl sites for hydroxylation is 2. The average molecular weight is 271 g/mol. The van der Waals surface area contributed by atoms with Gasteiger partial charge in [-0.3, -0.25) is 4.79 Å². The lowest BCUT2D eigenvalue weighted by Crippen LogP contribution is -2.37. The summed E-state index contributed by atoms with van der Waals surface area (Å²) in [5.74, 6) is 0.504. The summed E-state index contributed by atoms with van der Waals surface area (Å²) in [7, 11) is 1.61. The number of carbonyl (C=O) groups excluding carboxylic acids is 1. The SMILES string of the molecule is CCCN(CC(=O)NC)c1nc(C)c(C)nc1Cl. The van der Waals surface area contributed by atoms with Crippen molar-refractivity contribution >= 4 is 23.3 Å². The Kier molecular flexibility index (Phi) is 5.34. The zero-order valence-corrected chi connectivity index (χ0v) is 12.0. The molecule has 0 unspecified atom stereocenters. The highest BCUT2D eigenvalue weighted by molar-refractivity contribution is 6.31. The van der Waals surface area contributed by atoms with Crippen molar-refractivity contribution in [2.75, 3.05) is 25.0 Å². The van der Waals surface area contributed by atoms with E-state index in [0.717, 1.165) is 17.8 Å². The highest BCUT2D eigenvalue weighted by Gasteiger charge is 2.16. The third kappa shape index (κ3) is 3.57. The molecule has 1 aromatic heterocycles. The monoisotopic (exact) mass is 270 g/mol. The fourth-order valence-corrected chi connectivity index (χ4v) is 1.84. The molecule has 1 heterocycles. The maximum absolute atomic E-state index is 11.5. The van der Waals surface area contributed by atoms with Crippen LogP contribution in [0.4, 0.5) is 5.82 Å². The summed E-state index contributed by atoms with van der Waals surface area (Å²) < 4.78 is 0. The molecule has 5 nitrogen and oxygen atoms in total. The molecule has 0 bridgehead atoms. The molecule has 0 saturated carbocycles. The fraction of sp³-hybridized carbons (Fsp3) is 0.583. The number of aromatic nitrogens is 2. The van der Waals surface area contributed by atoms with Crippen molar-refractivity contribution < 1.29 is 4.79 Å². The van der Waals surface area contributed by atoms with Gasteiger partial charge >= 0.3 is 0 Å². The van der Waals surface area contributed by atoms with E-state index in [4.69, 9.17) is 11.6 Å². The van der Waals surface area contributed by atoms with Crippen LogP contribution in [0, 0.1) is 13.8 Å². The van der Waals surface area contributed by atoms with Crippen LogP contribution in [0.2, 0.25) is 5.15 Å². The van der Waals surface area contributed by atoms with Gasteiger partial charge in [-0.1, -0.05) is 18.5 Å². The first-order valence-electron chi connectivity index (χ1n) is 5.95. The van der Waals surface area contributed by atoms with Gasteiger partial charge in [0.05, 0.1) is 17.9 Å². The van der Waals surface area contributed by atoms with E-state index in [9.17, 15) is 4.79 Å². The number of nitrogens with zero attached hydrogens (tertiary/aromatic N) is 3. The van der Waals surface area contributed by atoms with Crippen molar-refractivity contribution in [2.24, 2.45) is 0 Å². The van der Waals surface area contributed by atoms with Gasteiger partial charge in [0, 0.05) is 13.6 Å². The van der Waals surface area contributed by atoms with Gasteiger partial charge in [0.25, 0.3) is 0 Å². The Morgan fingerprint density at radius 1 is 1.33 bits per heavy atom. The Bertz CT molecular complexity index is 436. The van der Waals surface area contributed by atoms with E-state index in [0.29, 0.717) is 17.5 Å². The number of halogens is 1. The summed E-state index contributed by atoms with van der Waals surface area (Å²) in [6.45, 7) is 6.73. The minimum Gasteiger partial charge on any atom is -0.358 e. The average Bonchev–Trinajstić information content (AvgIpc) is 2.33. The van der Waals surface area contributed by atoms with Crippen molar-refractivity contribution in [3.8, 4) is 0 Å². The lowest BCUT2D eigenvalue weighted by Gasteiger charge is -2.23. The third-order valence-electron chi connectivity index (χ3n) is 2.65. The molecule has 1 rings (SSSR count). The van der Waals surface area contributed by atoms with Crippen molar-refractivity contribution in [2.45, 2.75) is 27.2 Å². The largest absolute Gasteiger partial charge is 0.358 e. The summed E-state index contributed by atoms with van der Waals surface area (Å²) >= 11 is 6.11. The van der Waals surface area contributed by atoms with Crippen molar-refractivity contribution in [1.29, 1.82) is 0 Å². The lowest BCUT2D eigenvalue weighted by atomic mass is 10.3. The first-order valence-corrected chi connectivity index (χ1v) is 6.33. The number of carbonyl (C=O) groups is 1. The molecule has 1 N–H and O–H groups in total. The van der Waals surface area contributed by atoms with Crippen LogP contribution < -0.4 is 10.2 Å². The first kappa shape index (κ1) is 14.7. The van der Waals surface area contributed by atoms with Gasteiger partial charge in [-0.15, -0.1) is 0 Å². The van der Waals surface area contributed by atoms with Crippen molar-refractivity contribution in [1.82, 2.24) is 15.3 Å². The second-order valence-electron chi connectivity index (χ2n) is 4.10. The number of anilines is 1. The van der Waals surface area contributed by atoms with Crippen LogP contribution in [0.5, 0.6) is 0 Å². The molecule has 1 amide bonds. The highest BCUT2D eigenvalue weighted by Crippen LogP contribution is 2.22. The quantitative estimate of drug-likeness (QED) is 0.885. The summed E-state index contributed by atoms with van der Waals surface area (Å²) in [4.78, 5) is 22.0. The number of hydrogen-bond acceptors (Lipinski definition) is 4. The molecule has 0 saturated heterocycles. The molecule has 0 fully saturated rings. The molecule has 18 heavy (non-hydrogen) atoms. The lowest BCUT2D eigenvalue weighted by molar-refractivity contribution is -0.119. The Morgan fingerprint density at radius 3 is 2.50 bits per heavy atom. The smallest absolute Gasteiger partial charge is 0.239 e. The minimum absolute atomic E-state index is 0.0699. The van der Waals surface area contributed by atoms with Crippen LogP contribution in [0.3, 0.4) is 0 Å². The number of amides is 1. The Labute approximate surface area is 113 Å². The molecule has 6 heteroatoms. The maximum atomic E-state index is 11.5. The topological polar surface area (TPSA) is 58.1 Å². The standard InChI is InChI=1S/C12H19ClN4O/c1-5-6-17(7-10(18)14-4)12-11(13)15-8(2)9(3)16-12/h5-7H2,1-4H3,(H,14,18).